The number of esters is 1. The van der Waals surface area contributed by atoms with E-state index in [0.717, 1.165) is 6.42 Å². The molecule has 0 radical (unpaired) electrons. The number of hydrogen-bond donors (Lipinski definition) is 4. The molecule has 1 heterocycles. The molecule has 0 aromatic heterocycles. The molecule has 36 heavy (non-hydrogen) atoms. The Kier molecular flexibility index (Phi) is 11.6. The Morgan fingerprint density at radius 2 is 1.67 bits per heavy atom. The number of hydrogen-bond acceptors (Lipinski definition) is 7. The number of rotatable bonds is 2. The van der Waals surface area contributed by atoms with Gasteiger partial charge in [-0.2, -0.15) is 5.26 Å². The number of carboxylic acid groups (broad SMARTS) is 1. The van der Waals surface area contributed by atoms with E-state index >= 15 is 0 Å². The van der Waals surface area contributed by atoms with E-state index in [1.165, 1.54) is 6.08 Å². The first-order valence-electron chi connectivity index (χ1n) is 13.2. The van der Waals surface area contributed by atoms with E-state index in [4.69, 9.17) is 4.74 Å². The van der Waals surface area contributed by atoms with Gasteiger partial charge in [0.15, 0.2) is 0 Å². The number of carbonyl (C=O) groups is 2. The Morgan fingerprint density at radius 1 is 1.03 bits per heavy atom. The summed E-state index contributed by atoms with van der Waals surface area (Å²) in [6.45, 7) is 7.48. The van der Waals surface area contributed by atoms with Gasteiger partial charge in [0.1, 0.15) is 6.10 Å². The van der Waals surface area contributed by atoms with E-state index in [0.29, 0.717) is 25.7 Å². The van der Waals surface area contributed by atoms with Crippen LogP contribution in [0.1, 0.15) is 72.6 Å². The van der Waals surface area contributed by atoms with Gasteiger partial charge in [-0.25, -0.2) is 0 Å². The molecule has 4 N–H and O–H groups in total. The van der Waals surface area contributed by atoms with Crippen LogP contribution in [0, 0.1) is 46.8 Å². The number of cyclic esters (lactones) is 1. The van der Waals surface area contributed by atoms with Crippen LogP contribution in [0.2, 0.25) is 0 Å². The largest absolute Gasteiger partial charge is 0.481 e. The Labute approximate surface area is 214 Å². The molecular weight excluding hydrogens is 462 g/mol. The van der Waals surface area contributed by atoms with Crippen LogP contribution >= 0.6 is 0 Å². The molecular formula is C28H43NO7. The number of aliphatic hydroxyl groups excluding tert-OH is 3. The second-order valence-electron chi connectivity index (χ2n) is 11.1. The quantitative estimate of drug-likeness (QED) is 0.416. The first-order chi connectivity index (χ1) is 17.0. The zero-order chi connectivity index (χ0) is 27.0. The fourth-order valence-electron chi connectivity index (χ4n) is 5.83. The summed E-state index contributed by atoms with van der Waals surface area (Å²) in [5.41, 5.74) is 0.198. The number of allylic oxidation sites excluding steroid dienone is 2. The van der Waals surface area contributed by atoms with Crippen LogP contribution in [0.15, 0.2) is 23.8 Å². The molecule has 0 spiro atoms. The maximum Gasteiger partial charge on any atom is 0.308 e. The van der Waals surface area contributed by atoms with Crippen LogP contribution in [0.4, 0.5) is 0 Å². The van der Waals surface area contributed by atoms with Gasteiger partial charge in [-0.15, -0.1) is 0 Å². The lowest BCUT2D eigenvalue weighted by Gasteiger charge is -2.31. The lowest BCUT2D eigenvalue weighted by atomic mass is 9.80. The van der Waals surface area contributed by atoms with Crippen molar-refractivity contribution in [1.82, 2.24) is 0 Å². The Hall–Kier alpha value is -2.21. The van der Waals surface area contributed by atoms with Crippen LogP contribution in [0.3, 0.4) is 0 Å². The van der Waals surface area contributed by atoms with Gasteiger partial charge in [0.25, 0.3) is 0 Å². The Morgan fingerprint density at radius 3 is 2.28 bits per heavy atom. The molecule has 10 atom stereocenters. The van der Waals surface area contributed by atoms with Gasteiger partial charge >= 0.3 is 11.9 Å². The summed E-state index contributed by atoms with van der Waals surface area (Å²) in [4.78, 5) is 24.5. The smallest absolute Gasteiger partial charge is 0.308 e. The molecule has 2 aliphatic rings. The molecule has 0 bridgehead atoms. The van der Waals surface area contributed by atoms with Crippen molar-refractivity contribution >= 4 is 11.9 Å². The van der Waals surface area contributed by atoms with Crippen molar-refractivity contribution in [1.29, 1.82) is 5.26 Å². The van der Waals surface area contributed by atoms with Gasteiger partial charge in [-0.05, 0) is 55.4 Å². The maximum atomic E-state index is 12.8. The molecule has 0 unspecified atom stereocenters. The van der Waals surface area contributed by atoms with Gasteiger partial charge in [0, 0.05) is 12.3 Å². The minimum Gasteiger partial charge on any atom is -0.481 e. The predicted octanol–water partition coefficient (Wildman–Crippen LogP) is 3.61. The topological polar surface area (TPSA) is 148 Å². The van der Waals surface area contributed by atoms with Gasteiger partial charge in [0.2, 0.25) is 0 Å². The monoisotopic (exact) mass is 505 g/mol. The molecule has 8 nitrogen and oxygen atoms in total. The second kappa shape index (κ2) is 13.9. The van der Waals surface area contributed by atoms with Crippen molar-refractivity contribution in [3.8, 4) is 6.07 Å². The normalized spacial score (nSPS) is 42.2. The van der Waals surface area contributed by atoms with Gasteiger partial charge in [0.05, 0.1) is 42.3 Å². The van der Waals surface area contributed by atoms with E-state index in [1.807, 2.05) is 27.7 Å². The van der Waals surface area contributed by atoms with Crippen molar-refractivity contribution in [2.45, 2.75) is 97.1 Å². The lowest BCUT2D eigenvalue weighted by Crippen LogP contribution is -2.35. The summed E-state index contributed by atoms with van der Waals surface area (Å²) in [7, 11) is 0. The number of aliphatic hydroxyl groups is 3. The van der Waals surface area contributed by atoms with Gasteiger partial charge in [-0.3, -0.25) is 9.59 Å². The second-order valence-corrected chi connectivity index (χ2v) is 11.1. The van der Waals surface area contributed by atoms with Gasteiger partial charge < -0.3 is 25.2 Å². The van der Waals surface area contributed by atoms with Crippen LogP contribution in [-0.4, -0.2) is 56.8 Å². The Balaban J connectivity index is 2.34. The zero-order valence-electron chi connectivity index (χ0n) is 21.9. The summed E-state index contributed by atoms with van der Waals surface area (Å²) in [6.07, 6.45) is 4.57. The maximum absolute atomic E-state index is 12.8. The number of ether oxygens (including phenoxy) is 1. The molecule has 0 saturated heterocycles. The third-order valence-corrected chi connectivity index (χ3v) is 8.10. The molecule has 1 fully saturated rings. The first kappa shape index (κ1) is 30.0. The molecule has 8 heteroatoms. The highest BCUT2D eigenvalue weighted by Gasteiger charge is 2.40. The summed E-state index contributed by atoms with van der Waals surface area (Å²) >= 11 is 0. The summed E-state index contributed by atoms with van der Waals surface area (Å²) in [5.74, 6) is -3.23. The standard InChI is InChI=1S/C28H43NO7/c1-16-12-17(2)26(32)18(3)13-19(4)27(33)20(15-29)8-5-6-11-24(36-25(31)14-23(16)30)21-9-7-10-22(21)28(34)35/h5-6,8,16-19,21-24,26-27,30,32-33H,7,9-14H2,1-4H3,(H,34,35)/b6-5+,20-8-/t16-,17+,18-,19-,21+,22+,23-,24-,26+,27+/m0/s1. The minimum atomic E-state index is -0.996. The van der Waals surface area contributed by atoms with E-state index in [-0.39, 0.29) is 48.0 Å². The summed E-state index contributed by atoms with van der Waals surface area (Å²) in [5, 5.41) is 51.5. The molecule has 1 aliphatic carbocycles. The first-order valence-corrected chi connectivity index (χ1v) is 13.2. The number of aliphatic carboxylic acids is 1. The third-order valence-electron chi connectivity index (χ3n) is 8.10. The average molecular weight is 506 g/mol. The van der Waals surface area contributed by atoms with Crippen molar-refractivity contribution < 1.29 is 34.8 Å². The molecule has 0 aromatic carbocycles. The van der Waals surface area contributed by atoms with E-state index in [9.17, 15) is 35.3 Å². The number of carboxylic acids is 1. The van der Waals surface area contributed by atoms with Crippen molar-refractivity contribution in [2.75, 3.05) is 0 Å². The van der Waals surface area contributed by atoms with Crippen LogP contribution in [-0.2, 0) is 14.3 Å². The zero-order valence-corrected chi connectivity index (χ0v) is 21.9. The minimum absolute atomic E-state index is 0.136. The SMILES string of the molecule is C[C@@H]1C[C@H](C)[C@@H](O)CC(=O)O[C@H]([C@@H]2CCC[C@H]2C(=O)O)C/C=C/C=C(/C#N)[C@H](O)[C@@H](C)C[C@H](C)[C@@H]1O. The number of carbonyl (C=O) groups excluding carboxylic acids is 1. The molecule has 202 valence electrons. The van der Waals surface area contributed by atoms with Crippen LogP contribution < -0.4 is 0 Å². The molecule has 0 aromatic rings. The molecule has 1 saturated carbocycles. The molecule has 2 rings (SSSR count). The third kappa shape index (κ3) is 8.16. The van der Waals surface area contributed by atoms with Crippen LogP contribution in [0.5, 0.6) is 0 Å². The Bertz CT molecular complexity index is 847. The number of nitrogens with zero attached hydrogens (tertiary/aromatic N) is 1. The lowest BCUT2D eigenvalue weighted by molar-refractivity contribution is -0.159. The van der Waals surface area contributed by atoms with Gasteiger partial charge in [-0.1, -0.05) is 46.3 Å². The molecule has 0 amide bonds. The number of nitriles is 1. The highest BCUT2D eigenvalue weighted by Crippen LogP contribution is 2.37. The summed E-state index contributed by atoms with van der Waals surface area (Å²) in [6, 6.07) is 2.05. The predicted molar refractivity (Wildman–Crippen MR) is 134 cm³/mol. The highest BCUT2D eigenvalue weighted by atomic mass is 16.5. The average Bonchev–Trinajstić information content (AvgIpc) is 3.32. The van der Waals surface area contributed by atoms with E-state index < -0.39 is 42.3 Å². The van der Waals surface area contributed by atoms with E-state index in [1.54, 1.807) is 12.2 Å². The summed E-state index contributed by atoms with van der Waals surface area (Å²) < 4.78 is 5.74. The molecule has 1 aliphatic heterocycles. The fraction of sp³-hybridized carbons (Fsp3) is 0.750. The van der Waals surface area contributed by atoms with E-state index in [2.05, 4.69) is 6.07 Å². The fourth-order valence-corrected chi connectivity index (χ4v) is 5.83. The van der Waals surface area contributed by atoms with Crippen LogP contribution in [0.25, 0.3) is 0 Å². The van der Waals surface area contributed by atoms with Crippen molar-refractivity contribution in [3.63, 3.8) is 0 Å². The highest BCUT2D eigenvalue weighted by molar-refractivity contribution is 5.72. The van der Waals surface area contributed by atoms with Crippen molar-refractivity contribution in [3.05, 3.63) is 23.8 Å². The van der Waals surface area contributed by atoms with Crippen molar-refractivity contribution in [2.24, 2.45) is 35.5 Å².